The summed E-state index contributed by atoms with van der Waals surface area (Å²) in [6, 6.07) is 16.8. The minimum atomic E-state index is -5.08. The van der Waals surface area contributed by atoms with Gasteiger partial charge in [0.15, 0.2) is 18.3 Å². The number of carbonyl (C=O) groups excluding carboxylic acids is 1. The molecule has 0 bridgehead atoms. The summed E-state index contributed by atoms with van der Waals surface area (Å²) >= 11 is 0. The number of alkyl halides is 3. The first kappa shape index (κ1) is 41.8. The molecule has 0 radical (unpaired) electrons. The minimum absolute atomic E-state index is 0.0910. The maximum atomic E-state index is 12.6. The maximum absolute atomic E-state index is 12.6. The number of carbonyl (C=O) groups is 2. The van der Waals surface area contributed by atoms with Gasteiger partial charge in [-0.3, -0.25) is 23.8 Å². The van der Waals surface area contributed by atoms with E-state index in [4.69, 9.17) is 34.6 Å². The Morgan fingerprint density at radius 1 is 0.929 bits per heavy atom. The van der Waals surface area contributed by atoms with Gasteiger partial charge in [-0.05, 0) is 24.3 Å². The number of rotatable bonds is 13. The molecular formula is C34H37F3N6O13. The molecule has 2 saturated heterocycles. The topological polar surface area (TPSA) is 284 Å². The summed E-state index contributed by atoms with van der Waals surface area (Å²) in [7, 11) is 0. The molecule has 8 N–H and O–H groups in total. The molecule has 2 aliphatic rings. The Morgan fingerprint density at radius 2 is 1.59 bits per heavy atom. The van der Waals surface area contributed by atoms with E-state index >= 15 is 0 Å². The highest BCUT2D eigenvalue weighted by atomic mass is 19.4. The Morgan fingerprint density at radius 3 is 2.20 bits per heavy atom. The lowest BCUT2D eigenvalue weighted by atomic mass is 10.0. The molecule has 19 nitrogen and oxygen atoms in total. The van der Waals surface area contributed by atoms with Crippen LogP contribution in [0.3, 0.4) is 0 Å². The van der Waals surface area contributed by atoms with Crippen LogP contribution in [0.1, 0.15) is 40.4 Å². The van der Waals surface area contributed by atoms with E-state index < -0.39 is 78.6 Å². The lowest BCUT2D eigenvalue weighted by Crippen LogP contribution is -2.40. The fourth-order valence-corrected chi connectivity index (χ4v) is 5.70. The molecule has 2 aromatic carbocycles. The molecule has 2 aliphatic heterocycles. The van der Waals surface area contributed by atoms with Gasteiger partial charge in [0.05, 0.1) is 12.8 Å². The number of ether oxygens (including phenoxy) is 4. The minimum Gasteiger partial charge on any atom is -0.494 e. The van der Waals surface area contributed by atoms with Crippen molar-refractivity contribution in [3.8, 4) is 5.75 Å². The Bertz CT molecular complexity index is 2050. The zero-order chi connectivity index (χ0) is 40.7. The molecule has 302 valence electrons. The van der Waals surface area contributed by atoms with Gasteiger partial charge < -0.3 is 50.2 Å². The number of halogens is 3. The van der Waals surface area contributed by atoms with Crippen molar-refractivity contribution in [3.63, 3.8) is 0 Å². The molecule has 2 fully saturated rings. The summed E-state index contributed by atoms with van der Waals surface area (Å²) in [4.78, 5) is 47.6. The quantitative estimate of drug-likeness (QED) is 0.0647. The third-order valence-corrected chi connectivity index (χ3v) is 8.57. The monoisotopic (exact) mass is 794 g/mol. The first-order chi connectivity index (χ1) is 26.6. The molecule has 0 saturated carbocycles. The highest BCUT2D eigenvalue weighted by molar-refractivity contribution is 6.08. The number of nitrogens with two attached hydrogens (primary N) is 1. The summed E-state index contributed by atoms with van der Waals surface area (Å²) in [5.74, 6) is -2.27. The van der Waals surface area contributed by atoms with Crippen LogP contribution in [0.4, 0.5) is 13.2 Å². The highest BCUT2D eigenvalue weighted by Gasteiger charge is 2.52. The number of aromatic nitrogens is 5. The molecule has 6 rings (SSSR count). The third kappa shape index (κ3) is 9.90. The van der Waals surface area contributed by atoms with Crippen molar-refractivity contribution in [2.45, 2.75) is 74.4 Å². The van der Waals surface area contributed by atoms with Gasteiger partial charge in [-0.25, -0.2) is 9.59 Å². The van der Waals surface area contributed by atoms with Gasteiger partial charge in [-0.1, -0.05) is 35.5 Å². The zero-order valence-electron chi connectivity index (χ0n) is 29.0. The smallest absolute Gasteiger partial charge is 0.490 e. The summed E-state index contributed by atoms with van der Waals surface area (Å²) in [5, 5.41) is 58.2. The van der Waals surface area contributed by atoms with Crippen molar-refractivity contribution in [1.82, 2.24) is 24.5 Å². The first-order valence-electron chi connectivity index (χ1n) is 16.8. The molecule has 0 amide bonds. The number of nitrogens with zero attached hydrogens (tertiary/aromatic N) is 4. The number of aryl methyl sites for hydroxylation is 1. The number of ketones is 1. The Balaban J connectivity index is 0.000000784. The van der Waals surface area contributed by atoms with E-state index in [1.165, 1.54) is 10.9 Å². The average Bonchev–Trinajstić information content (AvgIpc) is 3.84. The second kappa shape index (κ2) is 18.1. The number of aliphatic carboxylic acids is 1. The van der Waals surface area contributed by atoms with E-state index in [1.807, 2.05) is 6.07 Å². The van der Waals surface area contributed by atoms with Crippen LogP contribution in [-0.4, -0.2) is 124 Å². The molecule has 2 aromatic heterocycles. The fraction of sp³-hybridized carbons (Fsp3) is 0.412. The number of carboxylic acids is 1. The number of aliphatic hydroxyl groups is 4. The van der Waals surface area contributed by atoms with Gasteiger partial charge in [0.2, 0.25) is 0 Å². The molecule has 22 heteroatoms. The maximum Gasteiger partial charge on any atom is 0.490 e. The SMILES string of the molecule is NC[C@H]1O[C@@H](O[C@@H](c2cn(CCCOc3ccc(C(=O)c4ccccc4)cc3)nn2)[C@H]2O[C@@H](n3ccc(=O)[nH]c3=O)[C@H](O)[C@@H]2O)[C@H](O)[C@@H]1O.O=C(O)C(F)(F)F. The van der Waals surface area contributed by atoms with Crippen molar-refractivity contribution < 1.29 is 67.2 Å². The van der Waals surface area contributed by atoms with Crippen LogP contribution in [-0.2, 0) is 25.5 Å². The van der Waals surface area contributed by atoms with Crippen LogP contribution >= 0.6 is 0 Å². The van der Waals surface area contributed by atoms with E-state index in [-0.39, 0.29) is 18.0 Å². The van der Waals surface area contributed by atoms with Gasteiger partial charge in [0.25, 0.3) is 5.56 Å². The third-order valence-electron chi connectivity index (χ3n) is 8.57. The second-order valence-corrected chi connectivity index (χ2v) is 12.4. The summed E-state index contributed by atoms with van der Waals surface area (Å²) in [5.41, 5.74) is 5.35. The molecule has 4 aromatic rings. The summed E-state index contributed by atoms with van der Waals surface area (Å²) in [6.07, 6.45) is -14.6. The van der Waals surface area contributed by atoms with Gasteiger partial charge in [0, 0.05) is 42.9 Å². The number of aliphatic hydroxyl groups excluding tert-OH is 4. The normalized spacial score (nSPS) is 25.3. The van der Waals surface area contributed by atoms with E-state index in [0.717, 1.165) is 16.8 Å². The molecule has 56 heavy (non-hydrogen) atoms. The van der Waals surface area contributed by atoms with E-state index in [2.05, 4.69) is 15.3 Å². The van der Waals surface area contributed by atoms with E-state index in [9.17, 15) is 48.0 Å². The van der Waals surface area contributed by atoms with E-state index in [0.29, 0.717) is 36.4 Å². The fourth-order valence-electron chi connectivity index (χ4n) is 5.70. The van der Waals surface area contributed by atoms with Crippen molar-refractivity contribution in [2.24, 2.45) is 5.73 Å². The molecular weight excluding hydrogens is 757 g/mol. The molecule has 0 unspecified atom stereocenters. The highest BCUT2D eigenvalue weighted by Crippen LogP contribution is 2.39. The number of hydrogen-bond acceptors (Lipinski definition) is 15. The number of benzene rings is 2. The molecule has 4 heterocycles. The van der Waals surface area contributed by atoms with Crippen LogP contribution in [0.15, 0.2) is 82.6 Å². The second-order valence-electron chi connectivity index (χ2n) is 12.4. The van der Waals surface area contributed by atoms with Gasteiger partial charge in [-0.2, -0.15) is 13.2 Å². The zero-order valence-corrected chi connectivity index (χ0v) is 29.0. The van der Waals surface area contributed by atoms with Crippen LogP contribution in [0.25, 0.3) is 0 Å². The molecule has 0 aliphatic carbocycles. The number of aromatic amines is 1. The van der Waals surface area contributed by atoms with Gasteiger partial charge >= 0.3 is 17.8 Å². The Hall–Kier alpha value is -5.33. The van der Waals surface area contributed by atoms with Crippen molar-refractivity contribution in [1.29, 1.82) is 0 Å². The van der Waals surface area contributed by atoms with Crippen molar-refractivity contribution >= 4 is 11.8 Å². The van der Waals surface area contributed by atoms with E-state index in [1.54, 1.807) is 48.5 Å². The predicted octanol–water partition coefficient (Wildman–Crippen LogP) is -0.756. The predicted molar refractivity (Wildman–Crippen MR) is 181 cm³/mol. The van der Waals surface area contributed by atoms with Crippen LogP contribution in [0.2, 0.25) is 0 Å². The first-order valence-corrected chi connectivity index (χ1v) is 16.8. The largest absolute Gasteiger partial charge is 0.494 e. The number of H-pyrrole nitrogens is 1. The number of nitrogens with one attached hydrogen (secondary N) is 1. The van der Waals surface area contributed by atoms with Gasteiger partial charge in [0.1, 0.15) is 54.2 Å². The summed E-state index contributed by atoms with van der Waals surface area (Å²) < 4.78 is 57.5. The van der Waals surface area contributed by atoms with Crippen LogP contribution in [0.5, 0.6) is 5.75 Å². The standard InChI is InChI=1S/C32H36N6O11.C2HF3O2/c33-15-21-24(41)27(44)31(47-21)49-28(29-25(42)26(43)30(48-29)38-13-11-22(39)34-32(38)45)20-16-37(36-35-20)12-4-14-46-19-9-7-18(8-10-19)23(40)17-5-2-1-3-6-17;3-2(4,5)1(6)7/h1-3,5-11,13,16,21,24-31,41-44H,4,12,14-15,33H2,(H,34,39,45);(H,6,7)/t21-,24-,25+,26-,27-,28+,29+,30-,31+;/m1./s1. The Labute approximate surface area is 313 Å². The van der Waals surface area contributed by atoms with Crippen LogP contribution in [0, 0.1) is 0 Å². The van der Waals surface area contributed by atoms with Crippen molar-refractivity contribution in [3.05, 3.63) is 111 Å². The molecule has 9 atom stereocenters. The summed E-state index contributed by atoms with van der Waals surface area (Å²) in [6.45, 7) is 0.524. The number of carboxylic acid groups (broad SMARTS) is 1. The lowest BCUT2D eigenvalue weighted by Gasteiger charge is -2.28. The van der Waals surface area contributed by atoms with Gasteiger partial charge in [-0.15, -0.1) is 5.10 Å². The van der Waals surface area contributed by atoms with Crippen LogP contribution < -0.4 is 21.7 Å². The molecule has 0 spiro atoms. The average molecular weight is 795 g/mol. The Kier molecular flexibility index (Phi) is 13.5. The van der Waals surface area contributed by atoms with Crippen molar-refractivity contribution in [2.75, 3.05) is 13.2 Å². The number of hydrogen-bond donors (Lipinski definition) is 7. The lowest BCUT2D eigenvalue weighted by molar-refractivity contribution is -0.224.